The van der Waals surface area contributed by atoms with Crippen LogP contribution in [-0.2, 0) is 14.3 Å². The molecule has 0 amide bonds. The molecule has 0 bridgehead atoms. The Kier molecular flexibility index (Phi) is 17.2. The Balaban J connectivity index is -0.000000320. The number of carbonyl (C=O) groups excluding carboxylic acids is 2. The Hall–Kier alpha value is 0.680. The number of carboxylic acids is 1. The largest absolute Gasteiger partial charge is 1.00 e. The molecule has 0 unspecified atom stereocenters. The van der Waals surface area contributed by atoms with Gasteiger partial charge >= 0.3 is 65.1 Å². The zero-order valence-electron chi connectivity index (χ0n) is 6.79. The Morgan fingerprint density at radius 3 is 2.00 bits per heavy atom. The number of esters is 1. The van der Waals surface area contributed by atoms with Crippen molar-refractivity contribution in [2.45, 2.75) is 0 Å². The summed E-state index contributed by atoms with van der Waals surface area (Å²) in [6, 6.07) is 0. The second-order valence-electron chi connectivity index (χ2n) is 1.18. The minimum atomic E-state index is -1.42. The van der Waals surface area contributed by atoms with Crippen molar-refractivity contribution in [3.8, 4) is 0 Å². The minimum Gasteiger partial charge on any atom is -0.545 e. The molecule has 0 fully saturated rings. The Morgan fingerprint density at radius 2 is 1.73 bits per heavy atom. The van der Waals surface area contributed by atoms with Crippen molar-refractivity contribution in [3.05, 3.63) is 12.2 Å². The number of aliphatic carboxylic acids is 1. The van der Waals surface area contributed by atoms with Crippen LogP contribution in [0.2, 0.25) is 0 Å². The van der Waals surface area contributed by atoms with Gasteiger partial charge in [0.2, 0.25) is 0 Å². The molecule has 0 aliphatic rings. The number of ether oxygens (including phenoxy) is 1. The average Bonchev–Trinajstić information content (AvgIpc) is 1.83. The molecule has 0 saturated carbocycles. The van der Waals surface area contributed by atoms with Gasteiger partial charge in [0, 0.05) is 6.08 Å². The normalized spacial score (nSPS) is 7.73. The zero-order valence-corrected chi connectivity index (χ0v) is 10.8. The summed E-state index contributed by atoms with van der Waals surface area (Å²) < 4.78 is 4.08. The molecular weight excluding hydrogens is 170 g/mol. The van der Waals surface area contributed by atoms with Gasteiger partial charge in [0.05, 0.1) is 13.1 Å². The second kappa shape index (κ2) is 10.7. The first-order valence-corrected chi connectivity index (χ1v) is 2.14. The van der Waals surface area contributed by atoms with E-state index in [-0.39, 0.29) is 59.1 Å². The van der Waals surface area contributed by atoms with Crippen LogP contribution in [0.3, 0.4) is 0 Å². The second-order valence-corrected chi connectivity index (χ2v) is 1.18. The molecular formula is C5H5Na2O4+. The van der Waals surface area contributed by atoms with Crippen molar-refractivity contribution in [2.24, 2.45) is 0 Å². The molecule has 0 N–H and O–H groups in total. The summed E-state index contributed by atoms with van der Waals surface area (Å²) in [5.74, 6) is -2.13. The predicted octanol–water partition coefficient (Wildman–Crippen LogP) is -7.53. The molecule has 50 valence electrons. The first-order chi connectivity index (χ1) is 4.16. The minimum absolute atomic E-state index is 0. The summed E-state index contributed by atoms with van der Waals surface area (Å²) in [6.45, 7) is 0. The van der Waals surface area contributed by atoms with Crippen molar-refractivity contribution >= 4 is 11.9 Å². The van der Waals surface area contributed by atoms with Gasteiger partial charge in [-0.1, -0.05) is 0 Å². The van der Waals surface area contributed by atoms with E-state index < -0.39 is 11.9 Å². The van der Waals surface area contributed by atoms with Gasteiger partial charge in [0.15, 0.2) is 0 Å². The maximum atomic E-state index is 10.1. The van der Waals surface area contributed by atoms with Gasteiger partial charge in [-0.3, -0.25) is 0 Å². The van der Waals surface area contributed by atoms with Gasteiger partial charge in [-0.05, 0) is 6.08 Å². The van der Waals surface area contributed by atoms with Crippen LogP contribution in [0.25, 0.3) is 0 Å². The smallest absolute Gasteiger partial charge is 0.545 e. The van der Waals surface area contributed by atoms with E-state index in [1.807, 2.05) is 0 Å². The summed E-state index contributed by atoms with van der Waals surface area (Å²) in [7, 11) is 1.15. The van der Waals surface area contributed by atoms with Crippen molar-refractivity contribution in [2.75, 3.05) is 7.11 Å². The molecule has 0 heterocycles. The molecule has 0 spiro atoms. The van der Waals surface area contributed by atoms with Crippen LogP contribution in [0.15, 0.2) is 12.2 Å². The molecule has 0 aromatic carbocycles. The summed E-state index contributed by atoms with van der Waals surface area (Å²) in [5.41, 5.74) is 0. The fourth-order valence-corrected chi connectivity index (χ4v) is 0.204. The van der Waals surface area contributed by atoms with E-state index in [1.165, 1.54) is 0 Å². The van der Waals surface area contributed by atoms with E-state index in [0.717, 1.165) is 13.2 Å². The van der Waals surface area contributed by atoms with E-state index in [1.54, 1.807) is 0 Å². The van der Waals surface area contributed by atoms with Gasteiger partial charge in [-0.2, -0.15) is 0 Å². The Labute approximate surface area is 109 Å². The average molecular weight is 175 g/mol. The van der Waals surface area contributed by atoms with Gasteiger partial charge < -0.3 is 14.6 Å². The van der Waals surface area contributed by atoms with E-state index in [0.29, 0.717) is 6.08 Å². The molecule has 0 aromatic rings. The van der Waals surface area contributed by atoms with E-state index in [9.17, 15) is 14.7 Å². The SMILES string of the molecule is COC(=O)/C=C\C(=O)[O-].[Na+].[Na+]. The third-order valence-electron chi connectivity index (χ3n) is 0.557. The fraction of sp³-hybridized carbons (Fsp3) is 0.200. The quantitative estimate of drug-likeness (QED) is 0.237. The number of rotatable bonds is 2. The maximum Gasteiger partial charge on any atom is 1.00 e. The third kappa shape index (κ3) is 13.6. The summed E-state index contributed by atoms with van der Waals surface area (Å²) >= 11 is 0. The van der Waals surface area contributed by atoms with Gasteiger partial charge in [0.1, 0.15) is 0 Å². The van der Waals surface area contributed by atoms with Crippen molar-refractivity contribution in [3.63, 3.8) is 0 Å². The Bertz CT molecular complexity index is 155. The first kappa shape index (κ1) is 17.7. The van der Waals surface area contributed by atoms with Crippen molar-refractivity contribution in [1.82, 2.24) is 0 Å². The summed E-state index contributed by atoms with van der Waals surface area (Å²) in [5, 5.41) is 9.61. The van der Waals surface area contributed by atoms with Crippen LogP contribution in [0.1, 0.15) is 0 Å². The maximum absolute atomic E-state index is 10.1. The fourth-order valence-electron chi connectivity index (χ4n) is 0.204. The van der Waals surface area contributed by atoms with E-state index >= 15 is 0 Å². The number of hydrogen-bond acceptors (Lipinski definition) is 4. The summed E-state index contributed by atoms with van der Waals surface area (Å²) in [4.78, 5) is 19.7. The Morgan fingerprint density at radius 1 is 1.27 bits per heavy atom. The zero-order chi connectivity index (χ0) is 7.28. The van der Waals surface area contributed by atoms with Crippen LogP contribution in [0, 0.1) is 0 Å². The topological polar surface area (TPSA) is 66.4 Å². The third-order valence-corrected chi connectivity index (χ3v) is 0.557. The molecule has 0 saturated heterocycles. The molecule has 0 rings (SSSR count). The summed E-state index contributed by atoms with van der Waals surface area (Å²) in [6.07, 6.45) is 1.38. The molecule has 4 nitrogen and oxygen atoms in total. The van der Waals surface area contributed by atoms with Crippen LogP contribution in [0.4, 0.5) is 0 Å². The predicted molar refractivity (Wildman–Crippen MR) is 26.2 cm³/mol. The molecule has 0 radical (unpaired) electrons. The van der Waals surface area contributed by atoms with Crippen molar-refractivity contribution in [1.29, 1.82) is 0 Å². The van der Waals surface area contributed by atoms with Gasteiger partial charge in [0.25, 0.3) is 0 Å². The number of hydrogen-bond donors (Lipinski definition) is 0. The van der Waals surface area contributed by atoms with Crippen LogP contribution >= 0.6 is 0 Å². The van der Waals surface area contributed by atoms with E-state index in [2.05, 4.69) is 4.74 Å². The molecule has 11 heavy (non-hydrogen) atoms. The molecule has 6 heteroatoms. The molecule has 0 aromatic heterocycles. The number of carbonyl (C=O) groups is 2. The molecule has 0 atom stereocenters. The molecule has 0 aliphatic carbocycles. The van der Waals surface area contributed by atoms with Crippen LogP contribution in [-0.4, -0.2) is 19.0 Å². The number of methoxy groups -OCH3 is 1. The van der Waals surface area contributed by atoms with Gasteiger partial charge in [-0.25, -0.2) is 4.79 Å². The monoisotopic (exact) mass is 175 g/mol. The first-order valence-electron chi connectivity index (χ1n) is 2.14. The van der Waals surface area contributed by atoms with Crippen LogP contribution < -0.4 is 64.2 Å². The van der Waals surface area contributed by atoms with Crippen LogP contribution in [0.5, 0.6) is 0 Å². The van der Waals surface area contributed by atoms with Gasteiger partial charge in [-0.15, -0.1) is 0 Å². The van der Waals surface area contributed by atoms with E-state index in [4.69, 9.17) is 0 Å². The number of carboxylic acid groups (broad SMARTS) is 1. The standard InChI is InChI=1S/C5H6O4.2Na/c1-9-5(8)3-2-4(6)7;;/h2-3H,1H3,(H,6,7);;/q;2*+1/p-1/b3-2-;;. The van der Waals surface area contributed by atoms with Crippen molar-refractivity contribution < 1.29 is 78.5 Å². The molecule has 0 aliphatic heterocycles.